The molecule has 0 aromatic heterocycles. The molecule has 1 atom stereocenters. The summed E-state index contributed by atoms with van der Waals surface area (Å²) in [5, 5.41) is 0. The topological polar surface area (TPSA) is 46.2 Å². The lowest BCUT2D eigenvalue weighted by Gasteiger charge is -2.08. The molecular weight excluding hydrogens is 282 g/mol. The maximum Gasteiger partial charge on any atom is 0.240 e. The minimum absolute atomic E-state index is 0.352. The van der Waals surface area contributed by atoms with Crippen LogP contribution in [0, 0.1) is 12.8 Å². The monoisotopic (exact) mass is 311 g/mol. The van der Waals surface area contributed by atoms with Crippen LogP contribution in [-0.4, -0.2) is 15.0 Å². The second kappa shape index (κ2) is 9.21. The molecule has 21 heavy (non-hydrogen) atoms. The molecule has 120 valence electrons. The molecule has 0 unspecified atom stereocenters. The van der Waals surface area contributed by atoms with E-state index >= 15 is 0 Å². The average Bonchev–Trinajstić information content (AvgIpc) is 2.46. The van der Waals surface area contributed by atoms with Gasteiger partial charge in [0.1, 0.15) is 0 Å². The van der Waals surface area contributed by atoms with Crippen LogP contribution in [-0.2, 0) is 10.0 Å². The van der Waals surface area contributed by atoms with Crippen LogP contribution in [0.5, 0.6) is 0 Å². The Kier molecular flexibility index (Phi) is 7.97. The van der Waals surface area contributed by atoms with Gasteiger partial charge in [0.05, 0.1) is 4.90 Å². The van der Waals surface area contributed by atoms with Crippen molar-refractivity contribution in [1.29, 1.82) is 0 Å². The number of aryl methyl sites for hydroxylation is 1. The lowest BCUT2D eigenvalue weighted by molar-refractivity contribution is 0.474. The highest BCUT2D eigenvalue weighted by atomic mass is 32.2. The Bertz CT molecular complexity index is 494. The lowest BCUT2D eigenvalue weighted by Crippen LogP contribution is -2.24. The number of benzene rings is 1. The van der Waals surface area contributed by atoms with Crippen LogP contribution >= 0.6 is 0 Å². The van der Waals surface area contributed by atoms with Crippen molar-refractivity contribution >= 4 is 10.0 Å². The highest BCUT2D eigenvalue weighted by Gasteiger charge is 2.12. The number of unbranched alkanes of at least 4 members (excludes halogenated alkanes) is 3. The Morgan fingerprint density at radius 3 is 2.29 bits per heavy atom. The maximum atomic E-state index is 12.0. The van der Waals surface area contributed by atoms with Crippen LogP contribution in [0.2, 0.25) is 0 Å². The maximum absolute atomic E-state index is 12.0. The lowest BCUT2D eigenvalue weighted by atomic mass is 10.0. The standard InChI is InChI=1S/C17H29NO2S/c1-4-15(2)9-7-5-6-8-14-18-21(19,20)17-12-10-16(3)11-13-17/h10-13,15,18H,4-9,14H2,1-3H3/t15-/m0/s1. The summed E-state index contributed by atoms with van der Waals surface area (Å²) in [6, 6.07) is 6.96. The molecule has 0 aliphatic heterocycles. The first kappa shape index (κ1) is 18.2. The van der Waals surface area contributed by atoms with E-state index in [4.69, 9.17) is 0 Å². The van der Waals surface area contributed by atoms with Gasteiger partial charge in [-0.25, -0.2) is 13.1 Å². The van der Waals surface area contributed by atoms with Gasteiger partial charge in [-0.05, 0) is 31.4 Å². The first-order valence-electron chi connectivity index (χ1n) is 8.02. The van der Waals surface area contributed by atoms with E-state index in [1.54, 1.807) is 12.1 Å². The summed E-state index contributed by atoms with van der Waals surface area (Å²) in [4.78, 5) is 0.352. The summed E-state index contributed by atoms with van der Waals surface area (Å²) < 4.78 is 26.8. The van der Waals surface area contributed by atoms with Gasteiger partial charge in [-0.2, -0.15) is 0 Å². The third kappa shape index (κ3) is 7.09. The van der Waals surface area contributed by atoms with E-state index in [2.05, 4.69) is 18.6 Å². The zero-order valence-electron chi connectivity index (χ0n) is 13.6. The second-order valence-corrected chi connectivity index (χ2v) is 7.69. The summed E-state index contributed by atoms with van der Waals surface area (Å²) in [5.74, 6) is 0.810. The molecule has 0 aliphatic rings. The molecule has 0 radical (unpaired) electrons. The summed E-state index contributed by atoms with van der Waals surface area (Å²) >= 11 is 0. The van der Waals surface area contributed by atoms with Gasteiger partial charge < -0.3 is 0 Å². The number of hydrogen-bond donors (Lipinski definition) is 1. The van der Waals surface area contributed by atoms with Gasteiger partial charge in [0.15, 0.2) is 0 Å². The second-order valence-electron chi connectivity index (χ2n) is 5.93. The van der Waals surface area contributed by atoms with Crippen molar-refractivity contribution in [3.05, 3.63) is 29.8 Å². The minimum atomic E-state index is -3.34. The van der Waals surface area contributed by atoms with Crippen molar-refractivity contribution in [2.45, 2.75) is 64.2 Å². The quantitative estimate of drug-likeness (QED) is 0.656. The number of hydrogen-bond acceptors (Lipinski definition) is 2. The smallest absolute Gasteiger partial charge is 0.211 e. The largest absolute Gasteiger partial charge is 0.240 e. The van der Waals surface area contributed by atoms with E-state index in [1.807, 2.05) is 19.1 Å². The SMILES string of the molecule is CC[C@H](C)CCCCCCNS(=O)(=O)c1ccc(C)cc1. The highest BCUT2D eigenvalue weighted by Crippen LogP contribution is 2.13. The number of rotatable bonds is 10. The first-order valence-corrected chi connectivity index (χ1v) is 9.50. The predicted molar refractivity (Wildman–Crippen MR) is 88.9 cm³/mol. The summed E-state index contributed by atoms with van der Waals surface area (Å²) in [6.07, 6.45) is 6.97. The number of sulfonamides is 1. The number of nitrogens with one attached hydrogen (secondary N) is 1. The van der Waals surface area contributed by atoms with E-state index in [0.29, 0.717) is 11.4 Å². The molecule has 0 heterocycles. The Labute approximate surface area is 130 Å². The van der Waals surface area contributed by atoms with E-state index in [9.17, 15) is 8.42 Å². The third-order valence-corrected chi connectivity index (χ3v) is 5.42. The van der Waals surface area contributed by atoms with Crippen molar-refractivity contribution in [3.8, 4) is 0 Å². The summed E-state index contributed by atoms with van der Waals surface area (Å²) in [7, 11) is -3.34. The van der Waals surface area contributed by atoms with Gasteiger partial charge in [0.2, 0.25) is 10.0 Å². The molecule has 0 spiro atoms. The van der Waals surface area contributed by atoms with Crippen LogP contribution in [0.15, 0.2) is 29.2 Å². The molecule has 1 N–H and O–H groups in total. The van der Waals surface area contributed by atoms with Crippen LogP contribution in [0.3, 0.4) is 0 Å². The summed E-state index contributed by atoms with van der Waals surface area (Å²) in [6.45, 7) is 6.99. The van der Waals surface area contributed by atoms with Gasteiger partial charge in [-0.3, -0.25) is 0 Å². The van der Waals surface area contributed by atoms with Crippen LogP contribution in [0.4, 0.5) is 0 Å². The molecule has 0 saturated carbocycles. The van der Waals surface area contributed by atoms with E-state index < -0.39 is 10.0 Å². The molecule has 4 heteroatoms. The molecule has 1 rings (SSSR count). The predicted octanol–water partition coefficient (Wildman–Crippen LogP) is 4.27. The van der Waals surface area contributed by atoms with Crippen LogP contribution < -0.4 is 4.72 Å². The average molecular weight is 311 g/mol. The molecule has 1 aromatic rings. The van der Waals surface area contributed by atoms with Crippen LogP contribution in [0.1, 0.15) is 57.9 Å². The fraction of sp³-hybridized carbons (Fsp3) is 0.647. The van der Waals surface area contributed by atoms with Gasteiger partial charge in [-0.1, -0.05) is 63.6 Å². The van der Waals surface area contributed by atoms with Gasteiger partial charge >= 0.3 is 0 Å². The van der Waals surface area contributed by atoms with Crippen molar-refractivity contribution in [2.75, 3.05) is 6.54 Å². The van der Waals surface area contributed by atoms with E-state index in [1.165, 1.54) is 25.7 Å². The van der Waals surface area contributed by atoms with E-state index in [-0.39, 0.29) is 0 Å². The fourth-order valence-corrected chi connectivity index (χ4v) is 3.26. The first-order chi connectivity index (χ1) is 9.95. The van der Waals surface area contributed by atoms with Crippen LogP contribution in [0.25, 0.3) is 0 Å². The Hall–Kier alpha value is -0.870. The zero-order valence-corrected chi connectivity index (χ0v) is 14.4. The Morgan fingerprint density at radius 1 is 1.05 bits per heavy atom. The molecule has 0 amide bonds. The van der Waals surface area contributed by atoms with Gasteiger partial charge in [-0.15, -0.1) is 0 Å². The van der Waals surface area contributed by atoms with Crippen molar-refractivity contribution in [2.24, 2.45) is 5.92 Å². The fourth-order valence-electron chi connectivity index (χ4n) is 2.18. The normalized spacial score (nSPS) is 13.3. The Morgan fingerprint density at radius 2 is 1.67 bits per heavy atom. The van der Waals surface area contributed by atoms with Crippen molar-refractivity contribution in [1.82, 2.24) is 4.72 Å². The molecule has 0 saturated heterocycles. The van der Waals surface area contributed by atoms with Crippen molar-refractivity contribution < 1.29 is 8.42 Å². The molecule has 0 fully saturated rings. The molecule has 3 nitrogen and oxygen atoms in total. The summed E-state index contributed by atoms with van der Waals surface area (Å²) in [5.41, 5.74) is 1.07. The molecule has 0 bridgehead atoms. The van der Waals surface area contributed by atoms with E-state index in [0.717, 1.165) is 24.3 Å². The third-order valence-electron chi connectivity index (χ3n) is 3.94. The molecule has 0 aliphatic carbocycles. The minimum Gasteiger partial charge on any atom is -0.211 e. The molecule has 1 aromatic carbocycles. The van der Waals surface area contributed by atoms with Gasteiger partial charge in [0.25, 0.3) is 0 Å². The van der Waals surface area contributed by atoms with Gasteiger partial charge in [0, 0.05) is 6.54 Å². The highest BCUT2D eigenvalue weighted by molar-refractivity contribution is 7.89. The van der Waals surface area contributed by atoms with Crippen molar-refractivity contribution in [3.63, 3.8) is 0 Å². The Balaban J connectivity index is 2.21. The zero-order chi connectivity index (χ0) is 15.7. The molecular formula is C17H29NO2S.